The van der Waals surface area contributed by atoms with Crippen LogP contribution in [-0.4, -0.2) is 33.1 Å². The molecule has 1 amide bonds. The summed E-state index contributed by atoms with van der Waals surface area (Å²) in [4.78, 5) is 27.4. The van der Waals surface area contributed by atoms with Crippen LogP contribution in [0, 0.1) is 5.41 Å². The Bertz CT molecular complexity index is 463. The van der Waals surface area contributed by atoms with Crippen molar-refractivity contribution < 1.29 is 14.7 Å². The molecule has 0 bridgehead atoms. The van der Waals surface area contributed by atoms with Crippen molar-refractivity contribution in [2.24, 2.45) is 5.41 Å². The van der Waals surface area contributed by atoms with Crippen molar-refractivity contribution in [1.82, 2.24) is 14.9 Å². The van der Waals surface area contributed by atoms with Crippen LogP contribution in [0.3, 0.4) is 0 Å². The normalized spacial score (nSPS) is 17.9. The van der Waals surface area contributed by atoms with Gasteiger partial charge in [0.1, 0.15) is 0 Å². The Morgan fingerprint density at radius 2 is 1.95 bits per heavy atom. The van der Waals surface area contributed by atoms with Gasteiger partial charge in [0.2, 0.25) is 5.91 Å². The van der Waals surface area contributed by atoms with E-state index in [-0.39, 0.29) is 12.5 Å². The largest absolute Gasteiger partial charge is 0.481 e. The smallest absolute Gasteiger partial charge is 0.311 e. The predicted octanol–water partition coefficient (Wildman–Crippen LogP) is 1.81. The Kier molecular flexibility index (Phi) is 5.36. The van der Waals surface area contributed by atoms with E-state index in [9.17, 15) is 14.7 Å². The maximum absolute atomic E-state index is 11.9. The molecule has 1 aliphatic carbocycles. The van der Waals surface area contributed by atoms with E-state index in [1.165, 1.54) is 0 Å². The number of hydrogen-bond acceptors (Lipinski definition) is 3. The molecule has 1 aromatic rings. The Hall–Kier alpha value is -1.85. The van der Waals surface area contributed by atoms with Crippen LogP contribution in [-0.2, 0) is 16.1 Å². The van der Waals surface area contributed by atoms with Crippen molar-refractivity contribution in [2.75, 3.05) is 6.54 Å². The maximum Gasteiger partial charge on any atom is 0.311 e. The quantitative estimate of drug-likeness (QED) is 0.783. The Morgan fingerprint density at radius 1 is 1.24 bits per heavy atom. The molecule has 6 heteroatoms. The van der Waals surface area contributed by atoms with Crippen molar-refractivity contribution in [3.8, 4) is 0 Å². The number of nitrogens with zero attached hydrogens (tertiary/aromatic N) is 2. The second-order valence-electron chi connectivity index (χ2n) is 5.83. The van der Waals surface area contributed by atoms with Crippen molar-refractivity contribution in [3.63, 3.8) is 0 Å². The Labute approximate surface area is 124 Å². The zero-order valence-corrected chi connectivity index (χ0v) is 12.3. The molecule has 0 aromatic carbocycles. The number of aryl methyl sites for hydroxylation is 1. The monoisotopic (exact) mass is 293 g/mol. The minimum absolute atomic E-state index is 0.103. The van der Waals surface area contributed by atoms with Crippen LogP contribution in [0.25, 0.3) is 0 Å². The Morgan fingerprint density at radius 3 is 2.52 bits per heavy atom. The summed E-state index contributed by atoms with van der Waals surface area (Å²) in [6.45, 7) is 0.803. The number of carbonyl (C=O) groups excluding carboxylic acids is 1. The van der Waals surface area contributed by atoms with E-state index in [2.05, 4.69) is 10.3 Å². The van der Waals surface area contributed by atoms with Gasteiger partial charge < -0.3 is 15.0 Å². The van der Waals surface area contributed by atoms with Crippen LogP contribution in [0.5, 0.6) is 0 Å². The highest BCUT2D eigenvalue weighted by molar-refractivity contribution is 5.79. The van der Waals surface area contributed by atoms with E-state index in [1.54, 1.807) is 18.7 Å². The average Bonchev–Trinajstić information content (AvgIpc) is 2.87. The van der Waals surface area contributed by atoms with Crippen molar-refractivity contribution in [1.29, 1.82) is 0 Å². The van der Waals surface area contributed by atoms with Gasteiger partial charge in [0, 0.05) is 31.9 Å². The van der Waals surface area contributed by atoms with Gasteiger partial charge in [-0.15, -0.1) is 0 Å². The van der Waals surface area contributed by atoms with Crippen molar-refractivity contribution in [3.05, 3.63) is 18.7 Å². The fraction of sp³-hybridized carbons (Fsp3) is 0.667. The third-order valence-corrected chi connectivity index (χ3v) is 4.29. The molecule has 0 spiro atoms. The van der Waals surface area contributed by atoms with E-state index in [0.717, 1.165) is 25.7 Å². The summed E-state index contributed by atoms with van der Waals surface area (Å²) in [6, 6.07) is 0. The summed E-state index contributed by atoms with van der Waals surface area (Å²) in [7, 11) is 0. The molecule has 116 valence electrons. The zero-order valence-electron chi connectivity index (χ0n) is 12.3. The number of hydrogen-bond donors (Lipinski definition) is 2. The number of nitrogens with one attached hydrogen (secondary N) is 1. The van der Waals surface area contributed by atoms with Crippen LogP contribution < -0.4 is 5.32 Å². The lowest BCUT2D eigenvalue weighted by molar-refractivity contribution is -0.149. The van der Waals surface area contributed by atoms with Crippen LogP contribution >= 0.6 is 0 Å². The summed E-state index contributed by atoms with van der Waals surface area (Å²) < 4.78 is 1.83. The molecular formula is C15H23N3O3. The number of aromatic nitrogens is 2. The second-order valence-corrected chi connectivity index (χ2v) is 5.83. The van der Waals surface area contributed by atoms with Crippen LogP contribution in [0.2, 0.25) is 0 Å². The van der Waals surface area contributed by atoms with E-state index in [0.29, 0.717) is 25.8 Å². The summed E-state index contributed by atoms with van der Waals surface area (Å²) >= 11 is 0. The molecule has 21 heavy (non-hydrogen) atoms. The lowest BCUT2D eigenvalue weighted by Crippen LogP contribution is -2.43. The molecule has 0 unspecified atom stereocenters. The van der Waals surface area contributed by atoms with Crippen LogP contribution in [0.1, 0.15) is 44.9 Å². The SMILES string of the molecule is O=C(CCn1ccnc1)NCC1(C(=O)O)CCCCCC1. The van der Waals surface area contributed by atoms with Gasteiger partial charge in [-0.05, 0) is 12.8 Å². The third kappa shape index (κ3) is 4.31. The van der Waals surface area contributed by atoms with Gasteiger partial charge in [-0.3, -0.25) is 9.59 Å². The van der Waals surface area contributed by atoms with Gasteiger partial charge in [-0.25, -0.2) is 4.98 Å². The van der Waals surface area contributed by atoms with Gasteiger partial charge in [0.25, 0.3) is 0 Å². The molecule has 0 atom stereocenters. The number of rotatable bonds is 6. The number of amides is 1. The molecule has 0 aliphatic heterocycles. The number of carboxylic acid groups (broad SMARTS) is 1. The Balaban J connectivity index is 1.83. The molecule has 1 heterocycles. The highest BCUT2D eigenvalue weighted by Crippen LogP contribution is 2.34. The first kappa shape index (κ1) is 15.5. The molecule has 2 rings (SSSR count). The summed E-state index contributed by atoms with van der Waals surface area (Å²) in [6.07, 6.45) is 10.8. The van der Waals surface area contributed by atoms with E-state index < -0.39 is 11.4 Å². The first-order chi connectivity index (χ1) is 10.1. The lowest BCUT2D eigenvalue weighted by atomic mass is 9.80. The van der Waals surface area contributed by atoms with Crippen LogP contribution in [0.4, 0.5) is 0 Å². The summed E-state index contributed by atoms with van der Waals surface area (Å²) in [5.41, 5.74) is -0.777. The summed E-state index contributed by atoms with van der Waals surface area (Å²) in [5.74, 6) is -0.882. The number of aliphatic carboxylic acids is 1. The second kappa shape index (κ2) is 7.24. The maximum atomic E-state index is 11.9. The molecule has 1 fully saturated rings. The minimum atomic E-state index is -0.778. The van der Waals surface area contributed by atoms with Crippen molar-refractivity contribution in [2.45, 2.75) is 51.5 Å². The lowest BCUT2D eigenvalue weighted by Gasteiger charge is -2.28. The number of carboxylic acids is 1. The molecular weight excluding hydrogens is 270 g/mol. The van der Waals surface area contributed by atoms with Gasteiger partial charge in [0.05, 0.1) is 11.7 Å². The molecule has 6 nitrogen and oxygen atoms in total. The minimum Gasteiger partial charge on any atom is -0.481 e. The molecule has 0 saturated heterocycles. The first-order valence-corrected chi connectivity index (χ1v) is 7.58. The van der Waals surface area contributed by atoms with E-state index in [1.807, 2.05) is 4.57 Å². The van der Waals surface area contributed by atoms with Crippen LogP contribution in [0.15, 0.2) is 18.7 Å². The zero-order chi connectivity index (χ0) is 15.1. The van der Waals surface area contributed by atoms with Gasteiger partial charge in [0.15, 0.2) is 0 Å². The summed E-state index contributed by atoms with van der Waals surface area (Å²) in [5, 5.41) is 12.4. The van der Waals surface area contributed by atoms with Gasteiger partial charge in [-0.1, -0.05) is 25.7 Å². The van der Waals surface area contributed by atoms with E-state index >= 15 is 0 Å². The van der Waals surface area contributed by atoms with Gasteiger partial charge >= 0.3 is 5.97 Å². The standard InChI is InChI=1S/C15H23N3O3/c19-13(5-9-18-10-8-16-12-18)17-11-15(14(20)21)6-3-1-2-4-7-15/h8,10,12H,1-7,9,11H2,(H,17,19)(H,20,21). The first-order valence-electron chi connectivity index (χ1n) is 7.58. The molecule has 2 N–H and O–H groups in total. The fourth-order valence-corrected chi connectivity index (χ4v) is 2.88. The third-order valence-electron chi connectivity index (χ3n) is 4.29. The average molecular weight is 293 g/mol. The fourth-order valence-electron chi connectivity index (χ4n) is 2.88. The van der Waals surface area contributed by atoms with Gasteiger partial charge in [-0.2, -0.15) is 0 Å². The topological polar surface area (TPSA) is 84.2 Å². The highest BCUT2D eigenvalue weighted by atomic mass is 16.4. The molecule has 0 radical (unpaired) electrons. The molecule has 1 aromatic heterocycles. The molecule has 1 saturated carbocycles. The van der Waals surface area contributed by atoms with Crippen molar-refractivity contribution >= 4 is 11.9 Å². The number of imidazole rings is 1. The number of carbonyl (C=O) groups is 2. The molecule has 1 aliphatic rings. The predicted molar refractivity (Wildman–Crippen MR) is 77.6 cm³/mol. The van der Waals surface area contributed by atoms with E-state index in [4.69, 9.17) is 0 Å². The highest BCUT2D eigenvalue weighted by Gasteiger charge is 2.38.